The molecule has 1 aromatic heterocycles. The monoisotopic (exact) mass is 330 g/mol. The van der Waals surface area contributed by atoms with Crippen molar-refractivity contribution in [3.05, 3.63) is 47.7 Å². The van der Waals surface area contributed by atoms with Gasteiger partial charge < -0.3 is 0 Å². The van der Waals surface area contributed by atoms with Crippen molar-refractivity contribution in [1.82, 2.24) is 9.97 Å². The van der Waals surface area contributed by atoms with Crippen molar-refractivity contribution >= 4 is 23.5 Å². The highest BCUT2D eigenvalue weighted by Gasteiger charge is 2.34. The second-order valence-electron chi connectivity index (χ2n) is 5.48. The number of benzene rings is 1. The Morgan fingerprint density at radius 2 is 1.68 bits per heavy atom. The van der Waals surface area contributed by atoms with Crippen LogP contribution in [-0.4, -0.2) is 21.5 Å². The van der Waals surface area contributed by atoms with E-state index < -0.39 is 0 Å². The van der Waals surface area contributed by atoms with E-state index in [0.717, 1.165) is 21.7 Å². The molecule has 0 N–H and O–H groups in total. The van der Waals surface area contributed by atoms with Gasteiger partial charge in [-0.1, -0.05) is 55.9 Å². The molecule has 0 radical (unpaired) electrons. The number of aromatic nitrogens is 2. The Hall–Kier alpha value is -1.00. The molecule has 0 aliphatic heterocycles. The van der Waals surface area contributed by atoms with Crippen molar-refractivity contribution < 1.29 is 0 Å². The van der Waals surface area contributed by atoms with Crippen LogP contribution in [0.25, 0.3) is 0 Å². The topological polar surface area (TPSA) is 25.8 Å². The Morgan fingerprint density at radius 1 is 0.955 bits per heavy atom. The van der Waals surface area contributed by atoms with E-state index in [4.69, 9.17) is 4.98 Å². The zero-order valence-corrected chi connectivity index (χ0v) is 14.8. The van der Waals surface area contributed by atoms with E-state index in [-0.39, 0.29) is 0 Å². The predicted molar refractivity (Wildman–Crippen MR) is 96.0 cm³/mol. The minimum atomic E-state index is 0.554. The maximum atomic E-state index is 4.84. The van der Waals surface area contributed by atoms with Crippen molar-refractivity contribution in [1.29, 1.82) is 0 Å². The van der Waals surface area contributed by atoms with Gasteiger partial charge in [-0.3, -0.25) is 0 Å². The largest absolute Gasteiger partial charge is 0.227 e. The fourth-order valence-corrected chi connectivity index (χ4v) is 4.28. The summed E-state index contributed by atoms with van der Waals surface area (Å²) in [6.45, 7) is 4.33. The van der Waals surface area contributed by atoms with Crippen LogP contribution in [0.4, 0.5) is 0 Å². The predicted octanol–water partition coefficient (Wildman–Crippen LogP) is 5.36. The van der Waals surface area contributed by atoms with Crippen LogP contribution in [0.5, 0.6) is 0 Å². The van der Waals surface area contributed by atoms with E-state index in [1.807, 2.05) is 11.8 Å². The standard InChI is InChI=1S/C18H22N2S2/c1-3-21-17-12-16(19-18(20-17)22-4-2)15-11-10-14(15)13-8-6-5-7-9-13/h5-9,12,14-15H,3-4,10-11H2,1-2H3. The van der Waals surface area contributed by atoms with Gasteiger partial charge in [0.05, 0.1) is 0 Å². The van der Waals surface area contributed by atoms with Gasteiger partial charge in [-0.25, -0.2) is 9.97 Å². The first-order valence-corrected chi connectivity index (χ1v) is 9.98. The number of hydrogen-bond acceptors (Lipinski definition) is 4. The number of thioether (sulfide) groups is 2. The molecule has 2 unspecified atom stereocenters. The Balaban J connectivity index is 1.87. The van der Waals surface area contributed by atoms with Gasteiger partial charge in [0, 0.05) is 11.6 Å². The molecule has 1 aliphatic rings. The first-order valence-electron chi connectivity index (χ1n) is 8.01. The van der Waals surface area contributed by atoms with Crippen molar-refractivity contribution in [3.8, 4) is 0 Å². The average Bonchev–Trinajstić information content (AvgIpc) is 2.48. The van der Waals surface area contributed by atoms with Gasteiger partial charge in [0.2, 0.25) is 0 Å². The number of rotatable bonds is 6. The summed E-state index contributed by atoms with van der Waals surface area (Å²) in [5.74, 6) is 3.25. The van der Waals surface area contributed by atoms with E-state index in [0.29, 0.717) is 11.8 Å². The molecule has 2 aromatic rings. The molecule has 0 saturated heterocycles. The molecule has 0 amide bonds. The second-order valence-corrected chi connectivity index (χ2v) is 8.00. The molecule has 1 heterocycles. The summed E-state index contributed by atoms with van der Waals surface area (Å²) in [5, 5.41) is 2.07. The summed E-state index contributed by atoms with van der Waals surface area (Å²) in [6, 6.07) is 13.1. The molecule has 2 atom stereocenters. The summed E-state index contributed by atoms with van der Waals surface area (Å²) in [5.41, 5.74) is 2.69. The van der Waals surface area contributed by atoms with Crippen LogP contribution in [-0.2, 0) is 0 Å². The highest BCUT2D eigenvalue weighted by molar-refractivity contribution is 7.99. The first-order chi connectivity index (χ1) is 10.8. The summed E-state index contributed by atoms with van der Waals surface area (Å²) >= 11 is 3.56. The molecule has 1 aliphatic carbocycles. The highest BCUT2D eigenvalue weighted by Crippen LogP contribution is 2.48. The lowest BCUT2D eigenvalue weighted by molar-refractivity contribution is 0.337. The molecule has 2 nitrogen and oxygen atoms in total. The highest BCUT2D eigenvalue weighted by atomic mass is 32.2. The van der Waals surface area contributed by atoms with Crippen molar-refractivity contribution in [3.63, 3.8) is 0 Å². The third-order valence-electron chi connectivity index (χ3n) is 4.15. The van der Waals surface area contributed by atoms with Crippen molar-refractivity contribution in [2.45, 2.75) is 48.7 Å². The third-order valence-corrected chi connectivity index (χ3v) is 5.67. The molecule has 1 aromatic carbocycles. The van der Waals surface area contributed by atoms with Crippen LogP contribution in [0.15, 0.2) is 46.6 Å². The smallest absolute Gasteiger partial charge is 0.188 e. The molecule has 1 saturated carbocycles. The van der Waals surface area contributed by atoms with Gasteiger partial charge in [-0.05, 0) is 41.9 Å². The van der Waals surface area contributed by atoms with E-state index in [1.54, 1.807) is 11.8 Å². The Bertz CT molecular complexity index is 591. The lowest BCUT2D eigenvalue weighted by Gasteiger charge is -2.36. The normalized spacial score (nSPS) is 20.6. The summed E-state index contributed by atoms with van der Waals surface area (Å²) in [6.07, 6.45) is 2.51. The number of hydrogen-bond donors (Lipinski definition) is 0. The van der Waals surface area contributed by atoms with Crippen molar-refractivity contribution in [2.75, 3.05) is 11.5 Å². The molecule has 116 valence electrons. The fraction of sp³-hybridized carbons (Fsp3) is 0.444. The van der Waals surface area contributed by atoms with E-state index in [9.17, 15) is 0 Å². The Kier molecular flexibility index (Phi) is 5.42. The molecule has 3 rings (SSSR count). The van der Waals surface area contributed by atoms with Crippen LogP contribution in [0.1, 0.15) is 49.8 Å². The Morgan fingerprint density at radius 3 is 2.32 bits per heavy atom. The van der Waals surface area contributed by atoms with Crippen molar-refractivity contribution in [2.24, 2.45) is 0 Å². The zero-order valence-electron chi connectivity index (χ0n) is 13.2. The molecule has 22 heavy (non-hydrogen) atoms. The van der Waals surface area contributed by atoms with Gasteiger partial charge in [0.15, 0.2) is 5.16 Å². The van der Waals surface area contributed by atoms with Crippen LogP contribution < -0.4 is 0 Å². The SMILES string of the molecule is CCSc1cc(C2CCC2c2ccccc2)nc(SCC)n1. The zero-order chi connectivity index (χ0) is 15.4. The van der Waals surface area contributed by atoms with Gasteiger partial charge >= 0.3 is 0 Å². The lowest BCUT2D eigenvalue weighted by Crippen LogP contribution is -2.23. The van der Waals surface area contributed by atoms with E-state index in [1.165, 1.54) is 24.1 Å². The van der Waals surface area contributed by atoms with Gasteiger partial charge in [0.25, 0.3) is 0 Å². The molecule has 0 spiro atoms. The summed E-state index contributed by atoms with van der Waals surface area (Å²) in [4.78, 5) is 9.51. The summed E-state index contributed by atoms with van der Waals surface area (Å²) in [7, 11) is 0. The summed E-state index contributed by atoms with van der Waals surface area (Å²) < 4.78 is 0. The van der Waals surface area contributed by atoms with Crippen LogP contribution in [0, 0.1) is 0 Å². The first kappa shape index (κ1) is 15.9. The quantitative estimate of drug-likeness (QED) is 0.404. The van der Waals surface area contributed by atoms with Gasteiger partial charge in [-0.2, -0.15) is 0 Å². The minimum absolute atomic E-state index is 0.554. The maximum Gasteiger partial charge on any atom is 0.188 e. The maximum absolute atomic E-state index is 4.84. The van der Waals surface area contributed by atoms with E-state index in [2.05, 4.69) is 55.2 Å². The average molecular weight is 331 g/mol. The number of nitrogens with zero attached hydrogens (tertiary/aromatic N) is 2. The van der Waals surface area contributed by atoms with Crippen LogP contribution >= 0.6 is 23.5 Å². The molecule has 4 heteroatoms. The molecular formula is C18H22N2S2. The lowest BCUT2D eigenvalue weighted by atomic mass is 9.68. The van der Waals surface area contributed by atoms with Crippen LogP contribution in [0.3, 0.4) is 0 Å². The second kappa shape index (κ2) is 7.51. The van der Waals surface area contributed by atoms with Gasteiger partial charge in [-0.15, -0.1) is 11.8 Å². The molecule has 1 fully saturated rings. The van der Waals surface area contributed by atoms with E-state index >= 15 is 0 Å². The third kappa shape index (κ3) is 3.49. The minimum Gasteiger partial charge on any atom is -0.227 e. The molecular weight excluding hydrogens is 308 g/mol. The fourth-order valence-electron chi connectivity index (χ4n) is 2.98. The molecule has 0 bridgehead atoms. The van der Waals surface area contributed by atoms with Crippen LogP contribution in [0.2, 0.25) is 0 Å². The Labute approximate surface area is 141 Å². The van der Waals surface area contributed by atoms with Gasteiger partial charge in [0.1, 0.15) is 5.03 Å².